The molecule has 0 bridgehead atoms. The quantitative estimate of drug-likeness (QED) is 0.149. The summed E-state index contributed by atoms with van der Waals surface area (Å²) in [5.74, 6) is 1.30. The lowest BCUT2D eigenvalue weighted by Crippen LogP contribution is -2.27. The zero-order valence-corrected chi connectivity index (χ0v) is 22.0. The number of nitrogens with one attached hydrogen (secondary N) is 2. The third kappa shape index (κ3) is 7.34. The molecule has 2 N–H and O–H groups in total. The number of hydrogen-bond donors (Lipinski definition) is 2. The van der Waals surface area contributed by atoms with Gasteiger partial charge < -0.3 is 10.1 Å². The van der Waals surface area contributed by atoms with E-state index in [0.29, 0.717) is 23.3 Å². The van der Waals surface area contributed by atoms with Crippen LogP contribution >= 0.6 is 23.4 Å². The molecule has 1 amide bonds. The minimum atomic E-state index is -0.457. The van der Waals surface area contributed by atoms with Crippen LogP contribution in [-0.2, 0) is 11.3 Å². The first-order valence-corrected chi connectivity index (χ1v) is 13.0. The largest absolute Gasteiger partial charge is 0.494 e. The molecule has 0 radical (unpaired) electrons. The number of benzene rings is 3. The Balaban J connectivity index is 1.45. The summed E-state index contributed by atoms with van der Waals surface area (Å²) in [4.78, 5) is 12.7. The van der Waals surface area contributed by atoms with Gasteiger partial charge in [0.25, 0.3) is 5.91 Å². The summed E-state index contributed by atoms with van der Waals surface area (Å²) in [5, 5.41) is 17.0. The fourth-order valence-electron chi connectivity index (χ4n) is 3.37. The number of thioether (sulfide) groups is 1. The lowest BCUT2D eigenvalue weighted by atomic mass is 10.2. The Morgan fingerprint density at radius 3 is 2.51 bits per heavy atom. The van der Waals surface area contributed by atoms with Crippen LogP contribution in [0.15, 0.2) is 89.1 Å². The Hall–Kier alpha value is -3.82. The topological polar surface area (TPSA) is 93.4 Å². The Labute approximate surface area is 225 Å². The van der Waals surface area contributed by atoms with Crippen molar-refractivity contribution in [2.75, 3.05) is 11.9 Å². The van der Waals surface area contributed by atoms with Gasteiger partial charge in [-0.3, -0.25) is 9.36 Å². The average molecular weight is 535 g/mol. The molecule has 1 atom stereocenters. The molecule has 0 aliphatic carbocycles. The van der Waals surface area contributed by atoms with Crippen molar-refractivity contribution < 1.29 is 9.53 Å². The highest BCUT2D eigenvalue weighted by molar-refractivity contribution is 8.00. The molecule has 0 aliphatic rings. The van der Waals surface area contributed by atoms with E-state index in [1.54, 1.807) is 25.3 Å². The maximum atomic E-state index is 12.7. The number of carbonyl (C=O) groups excluding carboxylic acids is 1. The molecule has 1 unspecified atom stereocenters. The van der Waals surface area contributed by atoms with Crippen molar-refractivity contribution in [1.82, 2.24) is 20.2 Å². The van der Waals surface area contributed by atoms with Crippen molar-refractivity contribution in [1.29, 1.82) is 0 Å². The van der Waals surface area contributed by atoms with E-state index in [4.69, 9.17) is 16.3 Å². The minimum Gasteiger partial charge on any atom is -0.494 e. The first-order valence-electron chi connectivity index (χ1n) is 11.7. The van der Waals surface area contributed by atoms with Crippen LogP contribution in [0, 0.1) is 0 Å². The summed E-state index contributed by atoms with van der Waals surface area (Å²) in [6.45, 7) is 4.83. The van der Waals surface area contributed by atoms with Crippen LogP contribution in [0.1, 0.15) is 25.2 Å². The molecule has 190 valence electrons. The number of aromatic nitrogens is 3. The fourth-order valence-corrected chi connectivity index (χ4v) is 4.37. The second-order valence-electron chi connectivity index (χ2n) is 7.93. The summed E-state index contributed by atoms with van der Waals surface area (Å²) in [7, 11) is 0. The van der Waals surface area contributed by atoms with Crippen molar-refractivity contribution >= 4 is 41.2 Å². The Morgan fingerprint density at radius 1 is 1.08 bits per heavy atom. The first kappa shape index (κ1) is 26.2. The van der Waals surface area contributed by atoms with Gasteiger partial charge >= 0.3 is 0 Å². The molecule has 37 heavy (non-hydrogen) atoms. The lowest BCUT2D eigenvalue weighted by molar-refractivity contribution is -0.120. The second kappa shape index (κ2) is 12.9. The molecule has 8 nitrogen and oxygen atoms in total. The predicted molar refractivity (Wildman–Crippen MR) is 149 cm³/mol. The zero-order valence-electron chi connectivity index (χ0n) is 20.5. The van der Waals surface area contributed by atoms with Crippen molar-refractivity contribution in [3.63, 3.8) is 0 Å². The molecule has 4 aromatic rings. The summed E-state index contributed by atoms with van der Waals surface area (Å²) in [6, 6.07) is 24.8. The number of halogens is 1. The number of nitrogens with zero attached hydrogens (tertiary/aromatic N) is 4. The maximum Gasteiger partial charge on any atom is 0.253 e. The normalized spacial score (nSPS) is 11.9. The van der Waals surface area contributed by atoms with E-state index in [1.165, 1.54) is 11.8 Å². The van der Waals surface area contributed by atoms with E-state index in [2.05, 4.69) is 26.0 Å². The molecule has 4 rings (SSSR count). The van der Waals surface area contributed by atoms with Gasteiger partial charge in [-0.1, -0.05) is 53.7 Å². The molecular formula is C27H27ClN6O2S. The first-order chi connectivity index (χ1) is 18.0. The SMILES string of the molecule is CCOc1ccc(NCc2nnc(SC(C)C(=O)N/N=C\c3ccc(Cl)cc3)n2-c2ccccc2)cc1. The zero-order chi connectivity index (χ0) is 26.0. The maximum absolute atomic E-state index is 12.7. The van der Waals surface area contributed by atoms with Gasteiger partial charge in [0.1, 0.15) is 5.75 Å². The van der Waals surface area contributed by atoms with E-state index < -0.39 is 5.25 Å². The predicted octanol–water partition coefficient (Wildman–Crippen LogP) is 5.56. The van der Waals surface area contributed by atoms with E-state index in [0.717, 1.165) is 28.5 Å². The Kier molecular flexibility index (Phi) is 9.18. The number of anilines is 1. The van der Waals surface area contributed by atoms with Crippen LogP contribution < -0.4 is 15.5 Å². The molecule has 0 fully saturated rings. The van der Waals surface area contributed by atoms with E-state index in [9.17, 15) is 4.79 Å². The highest BCUT2D eigenvalue weighted by Gasteiger charge is 2.21. The summed E-state index contributed by atoms with van der Waals surface area (Å²) >= 11 is 7.21. The van der Waals surface area contributed by atoms with Crippen LogP contribution in [0.5, 0.6) is 5.75 Å². The highest BCUT2D eigenvalue weighted by Crippen LogP contribution is 2.26. The van der Waals surface area contributed by atoms with Gasteiger partial charge in [-0.05, 0) is 67.9 Å². The monoisotopic (exact) mass is 534 g/mol. The fraction of sp³-hybridized carbons (Fsp3) is 0.185. The molecule has 10 heteroatoms. The van der Waals surface area contributed by atoms with Crippen LogP contribution in [-0.4, -0.2) is 38.7 Å². The van der Waals surface area contributed by atoms with Crippen molar-refractivity contribution in [3.05, 3.63) is 95.3 Å². The summed E-state index contributed by atoms with van der Waals surface area (Å²) in [5.41, 5.74) is 5.27. The molecule has 1 heterocycles. The van der Waals surface area contributed by atoms with Crippen LogP contribution in [0.25, 0.3) is 5.69 Å². The van der Waals surface area contributed by atoms with Gasteiger partial charge in [-0.25, -0.2) is 5.43 Å². The number of para-hydroxylation sites is 1. The van der Waals surface area contributed by atoms with Gasteiger partial charge in [0, 0.05) is 16.4 Å². The Bertz CT molecular complexity index is 1330. The van der Waals surface area contributed by atoms with Crippen LogP contribution in [0.2, 0.25) is 5.02 Å². The van der Waals surface area contributed by atoms with Crippen molar-refractivity contribution in [2.24, 2.45) is 5.10 Å². The van der Waals surface area contributed by atoms with Crippen LogP contribution in [0.4, 0.5) is 5.69 Å². The molecule has 0 spiro atoms. The summed E-state index contributed by atoms with van der Waals surface area (Å²) < 4.78 is 7.46. The Morgan fingerprint density at radius 2 is 1.81 bits per heavy atom. The second-order valence-corrected chi connectivity index (χ2v) is 9.67. The average Bonchev–Trinajstić information content (AvgIpc) is 3.32. The highest BCUT2D eigenvalue weighted by atomic mass is 35.5. The van der Waals surface area contributed by atoms with Gasteiger partial charge in [-0.15, -0.1) is 10.2 Å². The number of carbonyl (C=O) groups is 1. The number of rotatable bonds is 11. The smallest absolute Gasteiger partial charge is 0.253 e. The number of ether oxygens (including phenoxy) is 1. The number of hydrazone groups is 1. The lowest BCUT2D eigenvalue weighted by Gasteiger charge is -2.13. The van der Waals surface area contributed by atoms with Gasteiger partial charge in [0.15, 0.2) is 11.0 Å². The van der Waals surface area contributed by atoms with Crippen molar-refractivity contribution in [3.8, 4) is 11.4 Å². The standard InChI is InChI=1S/C27H27ClN6O2S/c1-3-36-24-15-13-22(14-16-24)29-18-25-31-33-27(34(25)23-7-5-4-6-8-23)37-19(2)26(35)32-30-17-20-9-11-21(28)12-10-20/h4-17,19,29H,3,18H2,1-2H3,(H,32,35)/b30-17-. The van der Waals surface area contributed by atoms with E-state index in [-0.39, 0.29) is 5.91 Å². The number of amides is 1. The van der Waals surface area contributed by atoms with Crippen LogP contribution in [0.3, 0.4) is 0 Å². The molecule has 0 aliphatic heterocycles. The molecule has 0 saturated heterocycles. The minimum absolute atomic E-state index is 0.244. The number of hydrogen-bond acceptors (Lipinski definition) is 7. The molecule has 0 saturated carbocycles. The third-order valence-electron chi connectivity index (χ3n) is 5.24. The molecule has 3 aromatic carbocycles. The molecular weight excluding hydrogens is 508 g/mol. The van der Waals surface area contributed by atoms with Crippen molar-refractivity contribution in [2.45, 2.75) is 30.8 Å². The van der Waals surface area contributed by atoms with E-state index in [1.807, 2.05) is 78.2 Å². The van der Waals surface area contributed by atoms with Gasteiger partial charge in [-0.2, -0.15) is 5.10 Å². The molecule has 1 aromatic heterocycles. The van der Waals surface area contributed by atoms with Gasteiger partial charge in [0.05, 0.1) is 24.6 Å². The van der Waals surface area contributed by atoms with E-state index >= 15 is 0 Å². The van der Waals surface area contributed by atoms with Gasteiger partial charge in [0.2, 0.25) is 0 Å². The summed E-state index contributed by atoms with van der Waals surface area (Å²) in [6.07, 6.45) is 1.57. The third-order valence-corrected chi connectivity index (χ3v) is 6.54.